The van der Waals surface area contributed by atoms with Crippen LogP contribution in [0.15, 0.2) is 36.7 Å². The number of hydrogen-bond acceptors (Lipinski definition) is 2. The zero-order valence-corrected chi connectivity index (χ0v) is 10.4. The van der Waals surface area contributed by atoms with Crippen LogP contribution in [0, 0.1) is 27.7 Å². The first-order valence-electron chi connectivity index (χ1n) is 5.36. The number of nitrogens with zero attached hydrogens (tertiary/aromatic N) is 2. The van der Waals surface area contributed by atoms with E-state index in [2.05, 4.69) is 48.1 Å². The molecule has 2 aromatic rings. The fourth-order valence-corrected chi connectivity index (χ4v) is 1.09. The van der Waals surface area contributed by atoms with Crippen molar-refractivity contribution >= 4 is 0 Å². The first kappa shape index (κ1) is 12.4. The van der Waals surface area contributed by atoms with Crippen LogP contribution in [0.4, 0.5) is 0 Å². The van der Waals surface area contributed by atoms with Crippen LogP contribution in [-0.4, -0.2) is 9.97 Å². The zero-order chi connectivity index (χ0) is 12.0. The second-order valence-corrected chi connectivity index (χ2v) is 3.96. The van der Waals surface area contributed by atoms with Crippen molar-refractivity contribution in [3.8, 4) is 0 Å². The second-order valence-electron chi connectivity index (χ2n) is 3.96. The molecule has 1 heterocycles. The summed E-state index contributed by atoms with van der Waals surface area (Å²) < 4.78 is 0. The van der Waals surface area contributed by atoms with Crippen LogP contribution in [0.2, 0.25) is 0 Å². The first-order chi connectivity index (χ1) is 7.58. The minimum absolute atomic E-state index is 0.829. The molecule has 1 aromatic heterocycles. The number of aromatic nitrogens is 2. The highest BCUT2D eigenvalue weighted by Crippen LogP contribution is 1.99. The average Bonchev–Trinajstić information content (AvgIpc) is 2.28. The molecule has 84 valence electrons. The normalized spacial score (nSPS) is 9.25. The molecule has 2 nitrogen and oxygen atoms in total. The molecule has 0 aliphatic heterocycles. The lowest BCUT2D eigenvalue weighted by Crippen LogP contribution is -1.84. The summed E-state index contributed by atoms with van der Waals surface area (Å²) in [5, 5.41) is 0. The van der Waals surface area contributed by atoms with Gasteiger partial charge in [-0.1, -0.05) is 35.4 Å². The lowest BCUT2D eigenvalue weighted by molar-refractivity contribution is 1.03. The van der Waals surface area contributed by atoms with Crippen LogP contribution in [0.3, 0.4) is 0 Å². The van der Waals surface area contributed by atoms with Gasteiger partial charge in [-0.15, -0.1) is 0 Å². The smallest absolute Gasteiger partial charge is 0.125 e. The number of benzene rings is 1. The molecule has 1 aromatic carbocycles. The molecule has 0 aliphatic rings. The van der Waals surface area contributed by atoms with Crippen molar-refractivity contribution in [2.75, 3.05) is 0 Å². The SMILES string of the molecule is Cc1ccc(C)cc1.Cc1cnc(C)nc1. The van der Waals surface area contributed by atoms with Crippen LogP contribution in [0.5, 0.6) is 0 Å². The highest BCUT2D eigenvalue weighted by molar-refractivity contribution is 5.19. The molecule has 0 unspecified atom stereocenters. The second kappa shape index (κ2) is 6.01. The van der Waals surface area contributed by atoms with Crippen molar-refractivity contribution < 1.29 is 0 Å². The third-order valence-corrected chi connectivity index (χ3v) is 2.13. The van der Waals surface area contributed by atoms with E-state index < -0.39 is 0 Å². The van der Waals surface area contributed by atoms with Gasteiger partial charge in [-0.25, -0.2) is 9.97 Å². The predicted octanol–water partition coefficient (Wildman–Crippen LogP) is 3.40. The molecule has 2 rings (SSSR count). The van der Waals surface area contributed by atoms with Gasteiger partial charge in [0.05, 0.1) is 0 Å². The zero-order valence-electron chi connectivity index (χ0n) is 10.4. The van der Waals surface area contributed by atoms with Gasteiger partial charge >= 0.3 is 0 Å². The Morgan fingerprint density at radius 1 is 0.625 bits per heavy atom. The van der Waals surface area contributed by atoms with Crippen molar-refractivity contribution in [1.29, 1.82) is 0 Å². The minimum atomic E-state index is 0.829. The summed E-state index contributed by atoms with van der Waals surface area (Å²) in [6.45, 7) is 8.04. The Kier molecular flexibility index (Phi) is 4.65. The van der Waals surface area contributed by atoms with Crippen LogP contribution in [0.1, 0.15) is 22.5 Å². The third kappa shape index (κ3) is 4.69. The van der Waals surface area contributed by atoms with Gasteiger partial charge in [0, 0.05) is 12.4 Å². The van der Waals surface area contributed by atoms with E-state index in [9.17, 15) is 0 Å². The van der Waals surface area contributed by atoms with E-state index in [-0.39, 0.29) is 0 Å². The maximum absolute atomic E-state index is 3.97. The summed E-state index contributed by atoms with van der Waals surface area (Å²) in [6, 6.07) is 8.48. The van der Waals surface area contributed by atoms with E-state index in [1.54, 1.807) is 0 Å². The molecule has 0 amide bonds. The molecule has 0 atom stereocenters. The third-order valence-electron chi connectivity index (χ3n) is 2.13. The van der Waals surface area contributed by atoms with E-state index in [0.29, 0.717) is 0 Å². The molecule has 0 N–H and O–H groups in total. The molecule has 16 heavy (non-hydrogen) atoms. The van der Waals surface area contributed by atoms with Gasteiger partial charge in [0.1, 0.15) is 5.82 Å². The highest BCUT2D eigenvalue weighted by atomic mass is 14.8. The van der Waals surface area contributed by atoms with E-state index >= 15 is 0 Å². The van der Waals surface area contributed by atoms with Gasteiger partial charge in [-0.2, -0.15) is 0 Å². The van der Waals surface area contributed by atoms with Gasteiger partial charge in [-0.3, -0.25) is 0 Å². The first-order valence-corrected chi connectivity index (χ1v) is 5.36. The van der Waals surface area contributed by atoms with E-state index in [4.69, 9.17) is 0 Å². The molecule has 2 heteroatoms. The number of rotatable bonds is 0. The standard InChI is InChI=1S/C8H10.C6H8N2/c1-7-3-5-8(2)6-4-7;1-5-3-7-6(2)8-4-5/h3-6H,1-2H3;3-4H,1-2H3. The van der Waals surface area contributed by atoms with E-state index in [0.717, 1.165) is 11.4 Å². The Balaban J connectivity index is 0.000000160. The van der Waals surface area contributed by atoms with Gasteiger partial charge < -0.3 is 0 Å². The quantitative estimate of drug-likeness (QED) is 0.671. The molecule has 0 bridgehead atoms. The largest absolute Gasteiger partial charge is 0.241 e. The number of hydrogen-bond donors (Lipinski definition) is 0. The fraction of sp³-hybridized carbons (Fsp3) is 0.286. The van der Waals surface area contributed by atoms with Crippen molar-refractivity contribution in [3.05, 3.63) is 59.2 Å². The maximum Gasteiger partial charge on any atom is 0.125 e. The molecular weight excluding hydrogens is 196 g/mol. The van der Waals surface area contributed by atoms with Crippen molar-refractivity contribution in [3.63, 3.8) is 0 Å². The molecule has 0 saturated carbocycles. The van der Waals surface area contributed by atoms with E-state index in [1.807, 2.05) is 26.2 Å². The van der Waals surface area contributed by atoms with Crippen LogP contribution in [0.25, 0.3) is 0 Å². The van der Waals surface area contributed by atoms with Crippen LogP contribution in [-0.2, 0) is 0 Å². The Bertz CT molecular complexity index is 330. The topological polar surface area (TPSA) is 25.8 Å². The molecular formula is C14H18N2. The predicted molar refractivity (Wildman–Crippen MR) is 67.4 cm³/mol. The van der Waals surface area contributed by atoms with Crippen molar-refractivity contribution in [2.45, 2.75) is 27.7 Å². The maximum atomic E-state index is 3.97. The average molecular weight is 214 g/mol. The molecule has 0 aliphatic carbocycles. The number of aryl methyl sites for hydroxylation is 4. The molecule has 0 radical (unpaired) electrons. The summed E-state index contributed by atoms with van der Waals surface area (Å²) in [4.78, 5) is 7.94. The van der Waals surface area contributed by atoms with Crippen LogP contribution >= 0.6 is 0 Å². The van der Waals surface area contributed by atoms with Gasteiger partial charge in [-0.05, 0) is 33.3 Å². The lowest BCUT2D eigenvalue weighted by atomic mass is 10.2. The Morgan fingerprint density at radius 2 is 1.00 bits per heavy atom. The Hall–Kier alpha value is -1.70. The molecule has 0 spiro atoms. The van der Waals surface area contributed by atoms with Gasteiger partial charge in [0.15, 0.2) is 0 Å². The summed E-state index contributed by atoms with van der Waals surface area (Å²) in [6.07, 6.45) is 3.62. The van der Waals surface area contributed by atoms with Crippen molar-refractivity contribution in [2.24, 2.45) is 0 Å². The van der Waals surface area contributed by atoms with Crippen molar-refractivity contribution in [1.82, 2.24) is 9.97 Å². The lowest BCUT2D eigenvalue weighted by Gasteiger charge is -1.90. The van der Waals surface area contributed by atoms with Crippen LogP contribution < -0.4 is 0 Å². The fourth-order valence-electron chi connectivity index (χ4n) is 1.09. The van der Waals surface area contributed by atoms with E-state index in [1.165, 1.54) is 11.1 Å². The highest BCUT2D eigenvalue weighted by Gasteiger charge is 1.82. The summed E-state index contributed by atoms with van der Waals surface area (Å²) in [5.74, 6) is 0.829. The summed E-state index contributed by atoms with van der Waals surface area (Å²) >= 11 is 0. The van der Waals surface area contributed by atoms with Gasteiger partial charge in [0.2, 0.25) is 0 Å². The summed E-state index contributed by atoms with van der Waals surface area (Å²) in [5.41, 5.74) is 3.77. The molecule has 0 saturated heterocycles. The minimum Gasteiger partial charge on any atom is -0.241 e. The Morgan fingerprint density at radius 3 is 1.31 bits per heavy atom. The van der Waals surface area contributed by atoms with Gasteiger partial charge in [0.25, 0.3) is 0 Å². The monoisotopic (exact) mass is 214 g/mol. The molecule has 0 fully saturated rings. The Labute approximate surface area is 97.4 Å². The summed E-state index contributed by atoms with van der Waals surface area (Å²) in [7, 11) is 0.